The van der Waals surface area contributed by atoms with Crippen LogP contribution < -0.4 is 0 Å². The second kappa shape index (κ2) is 36.3. The topological polar surface area (TPSA) is 258 Å². The van der Waals surface area contributed by atoms with Gasteiger partial charge in [-0.25, -0.2) is 0 Å². The average molecular weight is 2880 g/mol. The Morgan fingerprint density at radius 1 is 0.654 bits per heavy atom. The van der Waals surface area contributed by atoms with Crippen molar-refractivity contribution < 1.29 is 520 Å². The monoisotopic (exact) mass is 2880 g/mol. The van der Waals surface area contributed by atoms with Gasteiger partial charge in [0.15, 0.2) is 6.29 Å². The summed E-state index contributed by atoms with van der Waals surface area (Å²) in [6.07, 6.45) is -19.6. The summed E-state index contributed by atoms with van der Waals surface area (Å²) in [7, 11) is 0. The molecule has 10 radical (unpaired) electrons. The molecular formula is C26H42Ac10O16. The van der Waals surface area contributed by atoms with E-state index in [0.29, 0.717) is 0 Å². The predicted octanol–water partition coefficient (Wildman–Crippen LogP) is -5.20. The summed E-state index contributed by atoms with van der Waals surface area (Å²) in [5.41, 5.74) is 0. The first kappa shape index (κ1) is 76.8. The first-order valence-corrected chi connectivity index (χ1v) is 14.2. The molecule has 272 valence electrons. The van der Waals surface area contributed by atoms with Crippen LogP contribution in [0, 0.1) is 452 Å². The Labute approximate surface area is 661 Å². The summed E-state index contributed by atoms with van der Waals surface area (Å²) in [4.78, 5) is 0. The van der Waals surface area contributed by atoms with Gasteiger partial charge in [0.1, 0.15) is 61.0 Å². The summed E-state index contributed by atoms with van der Waals surface area (Å²) in [5, 5.41) is 104. The van der Waals surface area contributed by atoms with Crippen LogP contribution in [0.4, 0.5) is 0 Å². The minimum absolute atomic E-state index is 0. The van der Waals surface area contributed by atoms with E-state index >= 15 is 0 Å². The number of aliphatic hydroxyl groups is 10. The zero-order valence-corrected chi connectivity index (χ0v) is 76.3. The Hall–Kier alpha value is 13.4. The molecule has 0 spiro atoms. The van der Waals surface area contributed by atoms with E-state index in [1.165, 1.54) is 19.3 Å². The molecule has 5 rings (SSSR count). The smallest absolute Gasteiger partial charge is 0.210 e. The third-order valence-electron chi connectivity index (χ3n) is 9.29. The van der Waals surface area contributed by atoms with Gasteiger partial charge >= 0.3 is 0 Å². The summed E-state index contributed by atoms with van der Waals surface area (Å²) in [6, 6.07) is 0. The molecule has 4 fully saturated rings. The average Bonchev–Trinajstić information content (AvgIpc) is 2.97. The van der Waals surface area contributed by atoms with Crippen molar-refractivity contribution >= 4 is 0 Å². The van der Waals surface area contributed by atoms with Crippen LogP contribution >= 0.6 is 0 Å². The van der Waals surface area contributed by atoms with Crippen LogP contribution in [-0.4, -0.2) is 168 Å². The van der Waals surface area contributed by atoms with Crippen molar-refractivity contribution in [3.8, 4) is 0 Å². The van der Waals surface area contributed by atoms with E-state index in [4.69, 9.17) is 28.4 Å². The van der Waals surface area contributed by atoms with Gasteiger partial charge in [-0.3, -0.25) is 0 Å². The maximum absolute atomic E-state index is 11.1. The van der Waals surface area contributed by atoms with Crippen molar-refractivity contribution in [1.82, 2.24) is 0 Å². The van der Waals surface area contributed by atoms with E-state index in [1.807, 2.05) is 0 Å². The number of hydrogen-bond donors (Lipinski definition) is 10. The van der Waals surface area contributed by atoms with E-state index in [-0.39, 0.29) is 447 Å². The third-order valence-corrected chi connectivity index (χ3v) is 9.29. The zero-order chi connectivity index (χ0) is 30.7. The summed E-state index contributed by atoms with van der Waals surface area (Å²) in [6.45, 7) is 1.75. The second-order valence-electron chi connectivity index (χ2n) is 11.9. The van der Waals surface area contributed by atoms with Gasteiger partial charge in [-0.15, -0.1) is 0 Å². The summed E-state index contributed by atoms with van der Waals surface area (Å²) < 4.78 is 35.8. The zero-order valence-electron chi connectivity index (χ0n) is 28.9. The normalized spacial score (nSPS) is 45.5. The number of hydrogen-bond acceptors (Lipinski definition) is 16. The number of aliphatic hydroxyl groups excluding tert-OH is 10. The molecule has 4 aliphatic heterocycles. The molecule has 4 heterocycles. The maximum atomic E-state index is 11.1. The molecule has 0 bridgehead atoms. The van der Waals surface area contributed by atoms with Gasteiger partial charge in [-0.05, 0) is 13.0 Å². The molecular weight excluding hydrogens is 2840 g/mol. The summed E-state index contributed by atoms with van der Waals surface area (Å²) in [5.74, 6) is -3.70. The number of rotatable bonds is 7. The molecule has 10 N–H and O–H groups in total. The number of fused-ring (bicyclic) bond motifs is 1. The van der Waals surface area contributed by atoms with Crippen LogP contribution in [0.25, 0.3) is 0 Å². The molecule has 1 aliphatic carbocycles. The Balaban J connectivity index is -0.000000529. The van der Waals surface area contributed by atoms with Crippen LogP contribution in [0.1, 0.15) is 20.3 Å². The molecule has 0 aromatic heterocycles. The molecule has 0 aromatic carbocycles. The van der Waals surface area contributed by atoms with E-state index in [1.54, 1.807) is 6.92 Å². The van der Waals surface area contributed by atoms with Gasteiger partial charge in [0.2, 0.25) is 5.79 Å². The van der Waals surface area contributed by atoms with E-state index in [0.717, 1.165) is 0 Å². The molecule has 16 nitrogen and oxygen atoms in total. The van der Waals surface area contributed by atoms with Crippen molar-refractivity contribution in [3.05, 3.63) is 12.3 Å². The molecule has 52 heavy (non-hydrogen) atoms. The molecule has 7 unspecified atom stereocenters. The second-order valence-corrected chi connectivity index (χ2v) is 11.9. The molecule has 0 amide bonds. The third kappa shape index (κ3) is 17.9. The molecule has 5 aliphatic rings. The van der Waals surface area contributed by atoms with Crippen LogP contribution in [0.15, 0.2) is 12.3 Å². The fourth-order valence-corrected chi connectivity index (χ4v) is 6.64. The van der Waals surface area contributed by atoms with Crippen LogP contribution in [0.5, 0.6) is 0 Å². The van der Waals surface area contributed by atoms with Crippen molar-refractivity contribution in [3.63, 3.8) is 0 Å². The van der Waals surface area contributed by atoms with E-state index in [9.17, 15) is 51.1 Å². The predicted molar refractivity (Wildman–Crippen MR) is 134 cm³/mol. The molecule has 3 saturated heterocycles. The maximum Gasteiger partial charge on any atom is 0.210 e. The minimum Gasteiger partial charge on any atom is -0.495 e. The van der Waals surface area contributed by atoms with Gasteiger partial charge in [0.25, 0.3) is 0 Å². The fourth-order valence-electron chi connectivity index (χ4n) is 6.64. The Bertz CT molecular complexity index is 992. The molecule has 1 saturated carbocycles. The minimum atomic E-state index is -2.06. The van der Waals surface area contributed by atoms with Gasteiger partial charge in [0.05, 0.1) is 55.9 Å². The fraction of sp³-hybridized carbons (Fsp3) is 0.923. The molecule has 19 atom stereocenters. The van der Waals surface area contributed by atoms with Crippen LogP contribution in [0.3, 0.4) is 0 Å². The van der Waals surface area contributed by atoms with E-state index < -0.39 is 129 Å². The Kier molecular flexibility index (Phi) is 53.6. The number of ether oxygens (including phenoxy) is 6. The Morgan fingerprint density at radius 3 is 1.75 bits per heavy atom. The van der Waals surface area contributed by atoms with Crippen molar-refractivity contribution in [2.75, 3.05) is 13.2 Å². The Morgan fingerprint density at radius 2 is 1.21 bits per heavy atom. The summed E-state index contributed by atoms with van der Waals surface area (Å²) >= 11 is 0. The van der Waals surface area contributed by atoms with Crippen molar-refractivity contribution in [2.24, 2.45) is 11.8 Å². The van der Waals surface area contributed by atoms with Crippen LogP contribution in [0.2, 0.25) is 0 Å². The van der Waals surface area contributed by atoms with Crippen molar-refractivity contribution in [2.45, 2.75) is 124 Å². The first-order valence-electron chi connectivity index (χ1n) is 14.2. The van der Waals surface area contributed by atoms with Gasteiger partial charge in [-0.2, -0.15) is 0 Å². The first-order chi connectivity index (χ1) is 19.9. The van der Waals surface area contributed by atoms with Gasteiger partial charge in [-0.1, -0.05) is 6.92 Å². The van der Waals surface area contributed by atoms with Crippen LogP contribution in [-0.2, 0) is 28.4 Å². The largest absolute Gasteiger partial charge is 0.495 e. The van der Waals surface area contributed by atoms with Crippen molar-refractivity contribution in [1.29, 1.82) is 0 Å². The van der Waals surface area contributed by atoms with Gasteiger partial charge < -0.3 is 79.5 Å². The quantitative estimate of drug-likeness (QED) is 0.114. The SMILES string of the molecule is CC1O[C@H](C2(O[C@@H]3OC(CO)[C@H](O)[C@H](O)[C@H]3O[C@@H]3CC(O)[C@H](O)[C@@H](O)C3C)O[C@@H]3C=COC(CO)[C@@H]32)[C@@H](O)C(O)[C@@H]1O.[Ac].[Ac].[Ac].[Ac].[Ac].[Ac].[Ac].[Ac].[Ac].[Ac]. The van der Waals surface area contributed by atoms with E-state index in [2.05, 4.69) is 0 Å². The van der Waals surface area contributed by atoms with Gasteiger partial charge in [0, 0.05) is 453 Å². The molecule has 0 aromatic rings. The standard InChI is InChI=1S/C26H42O16.10Ac/c1-8-12(5-10(29)18(32)16(8)30)39-23-21(35)19(33)14(7-28)40-25(23)42-26(15-11(41-26)3-4-37-13(15)6-27)24-22(36)20(34)17(31)9(2)38-24;;;;;;;;;;/h3-4,8-25,27-36H,5-7H2,1-2H3;;;;;;;;;;/t8?,9?,10?,11-,12-,13?,14?,15-,16+,17-,18+,19+,20?,21+,22+,23-,24+,25+,26?;;;;;;;;;;/m1........../s1. The molecule has 26 heteroatoms.